The highest BCUT2D eigenvalue weighted by molar-refractivity contribution is 5.54. The van der Waals surface area contributed by atoms with Crippen LogP contribution in [0.5, 0.6) is 0 Å². The van der Waals surface area contributed by atoms with E-state index in [4.69, 9.17) is 11.5 Å². The van der Waals surface area contributed by atoms with Crippen molar-refractivity contribution in [2.75, 3.05) is 24.1 Å². The minimum atomic E-state index is -0.368. The number of anilines is 2. The summed E-state index contributed by atoms with van der Waals surface area (Å²) in [5.41, 5.74) is 11.4. The Morgan fingerprint density at radius 2 is 2.21 bits per heavy atom. The van der Waals surface area contributed by atoms with E-state index in [2.05, 4.69) is 10.3 Å². The number of nitrogens with zero attached hydrogens (tertiary/aromatic N) is 2. The van der Waals surface area contributed by atoms with Gasteiger partial charge in [0, 0.05) is 25.7 Å². The summed E-state index contributed by atoms with van der Waals surface area (Å²) in [6.07, 6.45) is 0. The Balaban J connectivity index is 3.13. The molecule has 1 aromatic heterocycles. The summed E-state index contributed by atoms with van der Waals surface area (Å²) in [6.45, 7) is 2.86. The molecule has 6 heteroatoms. The number of hydrogen-bond acceptors (Lipinski definition) is 5. The second-order valence-corrected chi connectivity index (χ2v) is 3.03. The summed E-state index contributed by atoms with van der Waals surface area (Å²) in [4.78, 5) is 15.1. The van der Waals surface area contributed by atoms with Crippen molar-refractivity contribution in [1.82, 2.24) is 9.55 Å². The highest BCUT2D eigenvalue weighted by Crippen LogP contribution is 2.14. The van der Waals surface area contributed by atoms with Gasteiger partial charge in [-0.2, -0.15) is 4.98 Å². The first-order valence-corrected chi connectivity index (χ1v) is 4.35. The summed E-state index contributed by atoms with van der Waals surface area (Å²) < 4.78 is 1.31. The van der Waals surface area contributed by atoms with Crippen molar-refractivity contribution < 1.29 is 0 Å². The van der Waals surface area contributed by atoms with E-state index in [0.717, 1.165) is 5.56 Å². The number of nitrogens with one attached hydrogen (secondary N) is 1. The van der Waals surface area contributed by atoms with Crippen molar-refractivity contribution in [3.63, 3.8) is 0 Å². The zero-order valence-corrected chi connectivity index (χ0v) is 8.37. The Bertz CT molecular complexity index is 384. The van der Waals surface area contributed by atoms with Gasteiger partial charge in [-0.25, -0.2) is 4.79 Å². The Morgan fingerprint density at radius 1 is 1.57 bits per heavy atom. The lowest BCUT2D eigenvalue weighted by molar-refractivity contribution is 0.814. The van der Waals surface area contributed by atoms with Gasteiger partial charge < -0.3 is 16.8 Å². The van der Waals surface area contributed by atoms with Gasteiger partial charge in [-0.1, -0.05) is 0 Å². The molecule has 0 saturated carbocycles. The summed E-state index contributed by atoms with van der Waals surface area (Å²) in [5.74, 6) is 0.931. The van der Waals surface area contributed by atoms with Gasteiger partial charge in [-0.05, 0) is 6.92 Å². The molecular formula is C8H15N5O. The van der Waals surface area contributed by atoms with E-state index in [1.54, 1.807) is 14.0 Å². The van der Waals surface area contributed by atoms with Crippen LogP contribution in [0.25, 0.3) is 0 Å². The molecule has 0 atom stereocenters. The Kier molecular flexibility index (Phi) is 3.08. The smallest absolute Gasteiger partial charge is 0.350 e. The second-order valence-electron chi connectivity index (χ2n) is 3.03. The summed E-state index contributed by atoms with van der Waals surface area (Å²) in [7, 11) is 1.59. The van der Waals surface area contributed by atoms with Gasteiger partial charge in [0.25, 0.3) is 0 Å². The van der Waals surface area contributed by atoms with Crippen molar-refractivity contribution in [1.29, 1.82) is 0 Å². The van der Waals surface area contributed by atoms with Crippen LogP contribution in [0.1, 0.15) is 5.56 Å². The maximum absolute atomic E-state index is 11.3. The molecule has 0 saturated heterocycles. The van der Waals surface area contributed by atoms with Gasteiger partial charge in [-0.3, -0.25) is 4.57 Å². The third kappa shape index (κ3) is 1.85. The van der Waals surface area contributed by atoms with Gasteiger partial charge in [0.1, 0.15) is 11.6 Å². The van der Waals surface area contributed by atoms with Gasteiger partial charge >= 0.3 is 5.69 Å². The fourth-order valence-corrected chi connectivity index (χ4v) is 1.09. The molecule has 0 fully saturated rings. The molecule has 78 valence electrons. The van der Waals surface area contributed by atoms with E-state index in [1.165, 1.54) is 4.57 Å². The first-order chi connectivity index (χ1) is 6.57. The molecule has 14 heavy (non-hydrogen) atoms. The molecule has 0 aliphatic carbocycles. The largest absolute Gasteiger partial charge is 0.385 e. The third-order valence-electron chi connectivity index (χ3n) is 2.03. The molecule has 6 nitrogen and oxygen atoms in total. The maximum Gasteiger partial charge on any atom is 0.350 e. The molecule has 0 aromatic carbocycles. The topological polar surface area (TPSA) is 99.0 Å². The zero-order valence-electron chi connectivity index (χ0n) is 8.37. The van der Waals surface area contributed by atoms with Crippen LogP contribution >= 0.6 is 0 Å². The van der Waals surface area contributed by atoms with Gasteiger partial charge in [0.2, 0.25) is 0 Å². The molecule has 0 bridgehead atoms. The zero-order chi connectivity index (χ0) is 10.7. The predicted octanol–water partition coefficient (Wildman–Crippen LogP) is -0.958. The lowest BCUT2D eigenvalue weighted by Gasteiger charge is -2.11. The van der Waals surface area contributed by atoms with E-state index in [9.17, 15) is 4.79 Å². The number of nitrogens with two attached hydrogens (primary N) is 2. The highest BCUT2D eigenvalue weighted by Gasteiger charge is 2.07. The van der Waals surface area contributed by atoms with E-state index in [1.807, 2.05) is 0 Å². The van der Waals surface area contributed by atoms with Crippen LogP contribution in [0.3, 0.4) is 0 Å². The van der Waals surface area contributed by atoms with Gasteiger partial charge in [-0.15, -0.1) is 0 Å². The molecule has 5 N–H and O–H groups in total. The lowest BCUT2D eigenvalue weighted by Crippen LogP contribution is -2.26. The number of rotatable bonds is 3. The molecule has 0 radical (unpaired) electrons. The van der Waals surface area contributed by atoms with Crippen LogP contribution in [-0.4, -0.2) is 22.6 Å². The van der Waals surface area contributed by atoms with Gasteiger partial charge in [0.05, 0.1) is 0 Å². The minimum absolute atomic E-state index is 0.368. The Labute approximate surface area is 81.9 Å². The molecule has 1 heterocycles. The maximum atomic E-state index is 11.3. The standard InChI is InChI=1S/C8H15N5O/c1-5-6(10)13(2)8(14)12-7(5)11-4-3-9/h3-4,9-10H2,1-2H3,(H,11,12,14). The highest BCUT2D eigenvalue weighted by atomic mass is 16.1. The Morgan fingerprint density at radius 3 is 2.79 bits per heavy atom. The SMILES string of the molecule is Cc1c(NCCN)nc(=O)n(C)c1N. The molecule has 0 spiro atoms. The van der Waals surface area contributed by atoms with Crippen LogP contribution in [0, 0.1) is 6.92 Å². The summed E-state index contributed by atoms with van der Waals surface area (Å²) in [5, 5.41) is 2.94. The predicted molar refractivity (Wildman–Crippen MR) is 56.2 cm³/mol. The van der Waals surface area contributed by atoms with Crippen molar-refractivity contribution in [2.24, 2.45) is 12.8 Å². The van der Waals surface area contributed by atoms with Crippen LogP contribution in [0.15, 0.2) is 4.79 Å². The van der Waals surface area contributed by atoms with Crippen molar-refractivity contribution in [2.45, 2.75) is 6.92 Å². The van der Waals surface area contributed by atoms with Crippen LogP contribution in [-0.2, 0) is 7.05 Å². The molecule has 0 amide bonds. The van der Waals surface area contributed by atoms with Crippen molar-refractivity contribution >= 4 is 11.6 Å². The van der Waals surface area contributed by atoms with Gasteiger partial charge in [0.15, 0.2) is 0 Å². The quantitative estimate of drug-likeness (QED) is 0.579. The molecular weight excluding hydrogens is 182 g/mol. The van der Waals surface area contributed by atoms with Crippen LogP contribution < -0.4 is 22.5 Å². The molecule has 1 aromatic rings. The average molecular weight is 197 g/mol. The number of nitrogen functional groups attached to an aromatic ring is 1. The van der Waals surface area contributed by atoms with E-state index in [-0.39, 0.29) is 5.69 Å². The minimum Gasteiger partial charge on any atom is -0.385 e. The monoisotopic (exact) mass is 197 g/mol. The molecule has 0 aliphatic heterocycles. The first kappa shape index (κ1) is 10.5. The lowest BCUT2D eigenvalue weighted by atomic mass is 10.3. The fraction of sp³-hybridized carbons (Fsp3) is 0.500. The van der Waals surface area contributed by atoms with Crippen LogP contribution in [0.2, 0.25) is 0 Å². The first-order valence-electron chi connectivity index (χ1n) is 4.35. The molecule has 0 aliphatic rings. The third-order valence-corrected chi connectivity index (χ3v) is 2.03. The Hall–Kier alpha value is -1.56. The van der Waals surface area contributed by atoms with Crippen molar-refractivity contribution in [3.8, 4) is 0 Å². The average Bonchev–Trinajstić information content (AvgIpc) is 2.18. The number of aromatic nitrogens is 2. The fourth-order valence-electron chi connectivity index (χ4n) is 1.09. The van der Waals surface area contributed by atoms with Crippen molar-refractivity contribution in [3.05, 3.63) is 16.0 Å². The molecule has 0 unspecified atom stereocenters. The van der Waals surface area contributed by atoms with E-state index < -0.39 is 0 Å². The normalized spacial score (nSPS) is 10.2. The summed E-state index contributed by atoms with van der Waals surface area (Å²) in [6, 6.07) is 0. The van der Waals surface area contributed by atoms with E-state index in [0.29, 0.717) is 24.7 Å². The summed E-state index contributed by atoms with van der Waals surface area (Å²) >= 11 is 0. The second kappa shape index (κ2) is 4.10. The van der Waals surface area contributed by atoms with E-state index >= 15 is 0 Å². The van der Waals surface area contributed by atoms with Crippen LogP contribution in [0.4, 0.5) is 11.6 Å². The molecule has 1 rings (SSSR count). The number of hydrogen-bond donors (Lipinski definition) is 3.